The van der Waals surface area contributed by atoms with Gasteiger partial charge in [0.05, 0.1) is 11.3 Å². The Labute approximate surface area is 127 Å². The standard InChI is InChI=1S/C14H15N3O4S/c15-13(18)8-11(14(16)19)17-22(20,21)12-7-3-5-9-4-1-2-6-10(9)12/h1-7,11,17H,8H2,(H2,15,18)(H2,16,19). The zero-order chi connectivity index (χ0) is 16.3. The van der Waals surface area contributed by atoms with Crippen LogP contribution in [0.1, 0.15) is 6.42 Å². The Morgan fingerprint density at radius 3 is 2.32 bits per heavy atom. The number of hydrogen-bond donors (Lipinski definition) is 3. The Morgan fingerprint density at radius 1 is 1.05 bits per heavy atom. The Kier molecular flexibility index (Phi) is 4.43. The number of nitrogens with one attached hydrogen (secondary N) is 1. The van der Waals surface area contributed by atoms with E-state index in [0.29, 0.717) is 5.39 Å². The van der Waals surface area contributed by atoms with Gasteiger partial charge in [0.2, 0.25) is 21.8 Å². The van der Waals surface area contributed by atoms with Gasteiger partial charge >= 0.3 is 0 Å². The summed E-state index contributed by atoms with van der Waals surface area (Å²) in [5.41, 5.74) is 10.1. The highest BCUT2D eigenvalue weighted by molar-refractivity contribution is 7.89. The summed E-state index contributed by atoms with van der Waals surface area (Å²) in [6, 6.07) is 10.3. The third-order valence-corrected chi connectivity index (χ3v) is 4.62. The van der Waals surface area contributed by atoms with E-state index in [0.717, 1.165) is 5.39 Å². The van der Waals surface area contributed by atoms with Crippen molar-refractivity contribution in [3.63, 3.8) is 0 Å². The van der Waals surface area contributed by atoms with Crippen molar-refractivity contribution in [1.82, 2.24) is 4.72 Å². The van der Waals surface area contributed by atoms with Gasteiger partial charge < -0.3 is 11.5 Å². The number of carbonyl (C=O) groups excluding carboxylic acids is 2. The quantitative estimate of drug-likeness (QED) is 0.682. The van der Waals surface area contributed by atoms with Crippen LogP contribution in [0.25, 0.3) is 10.8 Å². The number of primary amides is 2. The second kappa shape index (κ2) is 6.12. The van der Waals surface area contributed by atoms with Crippen LogP contribution >= 0.6 is 0 Å². The molecule has 1 atom stereocenters. The molecule has 7 nitrogen and oxygen atoms in total. The molecular formula is C14H15N3O4S. The molecule has 0 radical (unpaired) electrons. The summed E-state index contributed by atoms with van der Waals surface area (Å²) in [6.07, 6.45) is -0.501. The molecule has 0 aliphatic heterocycles. The molecular weight excluding hydrogens is 306 g/mol. The van der Waals surface area contributed by atoms with Crippen LogP contribution < -0.4 is 16.2 Å². The van der Waals surface area contributed by atoms with E-state index < -0.39 is 34.3 Å². The lowest BCUT2D eigenvalue weighted by Gasteiger charge is -2.15. The van der Waals surface area contributed by atoms with Crippen molar-refractivity contribution >= 4 is 32.6 Å². The van der Waals surface area contributed by atoms with Gasteiger partial charge in [-0.3, -0.25) is 9.59 Å². The lowest BCUT2D eigenvalue weighted by atomic mass is 10.1. The maximum Gasteiger partial charge on any atom is 0.241 e. The first kappa shape index (κ1) is 15.9. The highest BCUT2D eigenvalue weighted by atomic mass is 32.2. The lowest BCUT2D eigenvalue weighted by Crippen LogP contribution is -2.46. The number of amides is 2. The van der Waals surface area contributed by atoms with Crippen LogP contribution in [-0.4, -0.2) is 26.3 Å². The molecule has 0 saturated heterocycles. The second-order valence-electron chi connectivity index (χ2n) is 4.72. The second-order valence-corrected chi connectivity index (χ2v) is 6.41. The monoisotopic (exact) mass is 321 g/mol. The van der Waals surface area contributed by atoms with Crippen molar-refractivity contribution in [2.24, 2.45) is 11.5 Å². The number of nitrogens with two attached hydrogens (primary N) is 2. The molecule has 0 heterocycles. The summed E-state index contributed by atoms with van der Waals surface area (Å²) in [7, 11) is -4.04. The first-order valence-electron chi connectivity index (χ1n) is 6.39. The molecule has 2 aromatic carbocycles. The predicted molar refractivity (Wildman–Crippen MR) is 81.1 cm³/mol. The first-order valence-corrected chi connectivity index (χ1v) is 7.87. The molecule has 22 heavy (non-hydrogen) atoms. The molecule has 0 aliphatic carbocycles. The summed E-state index contributed by atoms with van der Waals surface area (Å²) < 4.78 is 27.1. The van der Waals surface area contributed by atoms with Gasteiger partial charge in [0.1, 0.15) is 6.04 Å². The minimum Gasteiger partial charge on any atom is -0.370 e. The molecule has 2 aromatic rings. The fourth-order valence-corrected chi connectivity index (χ4v) is 3.52. The summed E-state index contributed by atoms with van der Waals surface area (Å²) in [5.74, 6) is -1.80. The zero-order valence-corrected chi connectivity index (χ0v) is 12.3. The highest BCUT2D eigenvalue weighted by Gasteiger charge is 2.26. The van der Waals surface area contributed by atoms with Crippen molar-refractivity contribution < 1.29 is 18.0 Å². The van der Waals surface area contributed by atoms with Crippen molar-refractivity contribution in [2.45, 2.75) is 17.4 Å². The maximum absolute atomic E-state index is 12.5. The van der Waals surface area contributed by atoms with E-state index >= 15 is 0 Å². The third-order valence-electron chi connectivity index (χ3n) is 3.09. The van der Waals surface area contributed by atoms with Crippen molar-refractivity contribution in [3.05, 3.63) is 42.5 Å². The molecule has 2 rings (SSSR count). The van der Waals surface area contributed by atoms with E-state index in [1.807, 2.05) is 0 Å². The van der Waals surface area contributed by atoms with Gasteiger partial charge in [-0.1, -0.05) is 36.4 Å². The lowest BCUT2D eigenvalue weighted by molar-refractivity contribution is -0.124. The minimum atomic E-state index is -4.04. The molecule has 1 unspecified atom stereocenters. The normalized spacial score (nSPS) is 12.9. The Morgan fingerprint density at radius 2 is 1.68 bits per heavy atom. The van der Waals surface area contributed by atoms with E-state index in [9.17, 15) is 18.0 Å². The van der Waals surface area contributed by atoms with Crippen molar-refractivity contribution in [3.8, 4) is 0 Å². The number of fused-ring (bicyclic) bond motifs is 1. The third kappa shape index (κ3) is 3.41. The summed E-state index contributed by atoms with van der Waals surface area (Å²) in [6.45, 7) is 0. The van der Waals surface area contributed by atoms with E-state index in [1.54, 1.807) is 36.4 Å². The van der Waals surface area contributed by atoms with E-state index in [1.165, 1.54) is 6.07 Å². The average molecular weight is 321 g/mol. The predicted octanol–water partition coefficient (Wildman–Crippen LogP) is -0.153. The van der Waals surface area contributed by atoms with Gasteiger partial charge in [-0.2, -0.15) is 4.72 Å². The number of rotatable bonds is 6. The summed E-state index contributed by atoms with van der Waals surface area (Å²) >= 11 is 0. The van der Waals surface area contributed by atoms with Gasteiger partial charge in [-0.25, -0.2) is 8.42 Å². The molecule has 0 fully saturated rings. The molecule has 0 aromatic heterocycles. The van der Waals surface area contributed by atoms with Gasteiger partial charge in [0, 0.05) is 5.39 Å². The fraction of sp³-hybridized carbons (Fsp3) is 0.143. The molecule has 0 spiro atoms. The van der Waals surface area contributed by atoms with Crippen LogP contribution in [0.2, 0.25) is 0 Å². The van der Waals surface area contributed by atoms with E-state index in [2.05, 4.69) is 4.72 Å². The average Bonchev–Trinajstić information content (AvgIpc) is 2.45. The molecule has 0 saturated carbocycles. The minimum absolute atomic E-state index is 0.00122. The van der Waals surface area contributed by atoms with Crippen LogP contribution in [0.15, 0.2) is 47.4 Å². The van der Waals surface area contributed by atoms with Gasteiger partial charge in [0.15, 0.2) is 0 Å². The topological polar surface area (TPSA) is 132 Å². The molecule has 116 valence electrons. The van der Waals surface area contributed by atoms with Gasteiger partial charge in [0.25, 0.3) is 0 Å². The van der Waals surface area contributed by atoms with Crippen LogP contribution in [0, 0.1) is 0 Å². The van der Waals surface area contributed by atoms with E-state index in [-0.39, 0.29) is 4.90 Å². The van der Waals surface area contributed by atoms with Crippen LogP contribution in [-0.2, 0) is 19.6 Å². The van der Waals surface area contributed by atoms with Gasteiger partial charge in [-0.15, -0.1) is 0 Å². The van der Waals surface area contributed by atoms with Crippen LogP contribution in [0.4, 0.5) is 0 Å². The van der Waals surface area contributed by atoms with E-state index in [4.69, 9.17) is 11.5 Å². The van der Waals surface area contributed by atoms with Gasteiger partial charge in [-0.05, 0) is 11.5 Å². The summed E-state index contributed by atoms with van der Waals surface area (Å²) in [4.78, 5) is 22.2. The summed E-state index contributed by atoms with van der Waals surface area (Å²) in [5, 5.41) is 1.23. The fourth-order valence-electron chi connectivity index (χ4n) is 2.08. The molecule has 0 aliphatic rings. The Hall–Kier alpha value is -2.45. The van der Waals surface area contributed by atoms with Crippen LogP contribution in [0.3, 0.4) is 0 Å². The van der Waals surface area contributed by atoms with Crippen molar-refractivity contribution in [2.75, 3.05) is 0 Å². The number of benzene rings is 2. The van der Waals surface area contributed by atoms with Crippen molar-refractivity contribution in [1.29, 1.82) is 0 Å². The molecule has 5 N–H and O–H groups in total. The number of hydrogen-bond acceptors (Lipinski definition) is 4. The SMILES string of the molecule is NC(=O)CC(NS(=O)(=O)c1cccc2ccccc12)C(N)=O. The highest BCUT2D eigenvalue weighted by Crippen LogP contribution is 2.22. The Balaban J connectivity index is 2.44. The largest absolute Gasteiger partial charge is 0.370 e. The smallest absolute Gasteiger partial charge is 0.241 e. The first-order chi connectivity index (χ1) is 10.3. The molecule has 2 amide bonds. The molecule has 8 heteroatoms. The van der Waals surface area contributed by atoms with Crippen LogP contribution in [0.5, 0.6) is 0 Å². The zero-order valence-electron chi connectivity index (χ0n) is 11.5. The number of sulfonamides is 1. The molecule has 0 bridgehead atoms. The maximum atomic E-state index is 12.5. The number of carbonyl (C=O) groups is 2. The Bertz CT molecular complexity index is 828.